The lowest BCUT2D eigenvalue weighted by Crippen LogP contribution is -2.39. The number of nitrogens with zero attached hydrogens (tertiary/aromatic N) is 2. The molecular weight excluding hydrogens is 466 g/mol. The number of hydrogen-bond donors (Lipinski definition) is 1. The molecule has 0 bridgehead atoms. The number of nitrogens with one attached hydrogen (secondary N) is 1. The molecule has 0 saturated heterocycles. The van der Waals surface area contributed by atoms with E-state index < -0.39 is 5.60 Å². The zero-order valence-electron chi connectivity index (χ0n) is 19.4. The van der Waals surface area contributed by atoms with Gasteiger partial charge < -0.3 is 15.0 Å². The van der Waals surface area contributed by atoms with Crippen molar-refractivity contribution in [2.45, 2.75) is 65.0 Å². The first-order valence-electron chi connectivity index (χ1n) is 11.5. The average molecular weight is 498 g/mol. The van der Waals surface area contributed by atoms with Crippen LogP contribution in [0.5, 0.6) is 0 Å². The van der Waals surface area contributed by atoms with E-state index in [9.17, 15) is 4.79 Å². The van der Waals surface area contributed by atoms with Gasteiger partial charge in [-0.25, -0.2) is 9.78 Å². The molecule has 2 aromatic rings. The second-order valence-corrected chi connectivity index (χ2v) is 10.4. The Balaban J connectivity index is 1.48. The van der Waals surface area contributed by atoms with Gasteiger partial charge in [-0.2, -0.15) is 0 Å². The molecule has 1 amide bonds. The summed E-state index contributed by atoms with van der Waals surface area (Å²) in [4.78, 5) is 19.1. The van der Waals surface area contributed by atoms with E-state index in [-0.39, 0.29) is 12.1 Å². The highest BCUT2D eigenvalue weighted by atomic mass is 79.9. The molecule has 1 atom stereocenters. The van der Waals surface area contributed by atoms with Gasteiger partial charge in [-0.3, -0.25) is 0 Å². The van der Waals surface area contributed by atoms with Crippen molar-refractivity contribution < 1.29 is 9.53 Å². The number of ether oxygens (including phenoxy) is 1. The summed E-state index contributed by atoms with van der Waals surface area (Å²) in [6, 6.07) is 11.0. The second kappa shape index (κ2) is 9.26. The summed E-state index contributed by atoms with van der Waals surface area (Å²) < 4.78 is 6.68. The van der Waals surface area contributed by atoms with E-state index in [1.165, 1.54) is 26.7 Å². The van der Waals surface area contributed by atoms with Crippen molar-refractivity contribution in [3.63, 3.8) is 0 Å². The lowest BCUT2D eigenvalue weighted by Gasteiger charge is -2.30. The van der Waals surface area contributed by atoms with Gasteiger partial charge in [0.05, 0.1) is 11.7 Å². The van der Waals surface area contributed by atoms with Gasteiger partial charge in [0.25, 0.3) is 0 Å². The summed E-state index contributed by atoms with van der Waals surface area (Å²) in [5, 5.41) is 3.66. The molecule has 0 radical (unpaired) electrons. The van der Waals surface area contributed by atoms with Crippen molar-refractivity contribution in [1.29, 1.82) is 0 Å². The lowest BCUT2D eigenvalue weighted by atomic mass is 9.97. The van der Waals surface area contributed by atoms with Gasteiger partial charge in [-0.15, -0.1) is 0 Å². The van der Waals surface area contributed by atoms with Gasteiger partial charge in [0.1, 0.15) is 11.4 Å². The van der Waals surface area contributed by atoms with Gasteiger partial charge in [-0.05, 0) is 86.9 Å². The third-order valence-electron chi connectivity index (χ3n) is 6.03. The monoisotopic (exact) mass is 497 g/mol. The molecule has 5 nitrogen and oxygen atoms in total. The number of anilines is 1. The van der Waals surface area contributed by atoms with Crippen molar-refractivity contribution in [2.75, 3.05) is 18.4 Å². The normalized spacial score (nSPS) is 18.2. The summed E-state index contributed by atoms with van der Waals surface area (Å²) in [7, 11) is 0. The zero-order chi connectivity index (χ0) is 22.9. The zero-order valence-corrected chi connectivity index (χ0v) is 21.0. The molecule has 32 heavy (non-hydrogen) atoms. The standard InChI is InChI=1S/C26H32BrN3O2/c1-5-21-19(17-13-15-30(16-14-17)25(31)32-26(2,3)4)10-12-23(28-21)29-22-11-9-18-7-6-8-20(27)24(18)22/h6-8,10,12-13,22H,5,9,11,14-16H2,1-4H3,(H,28,29). The number of carbonyl (C=O) groups excluding carboxylic acids is 1. The van der Waals surface area contributed by atoms with Crippen molar-refractivity contribution in [3.8, 4) is 0 Å². The van der Waals surface area contributed by atoms with E-state index in [0.29, 0.717) is 13.1 Å². The third-order valence-corrected chi connectivity index (χ3v) is 6.72. The predicted molar refractivity (Wildman–Crippen MR) is 133 cm³/mol. The molecule has 0 saturated carbocycles. The van der Waals surface area contributed by atoms with E-state index in [0.717, 1.165) is 37.2 Å². The van der Waals surface area contributed by atoms with Crippen molar-refractivity contribution in [3.05, 3.63) is 63.3 Å². The van der Waals surface area contributed by atoms with Gasteiger partial charge in [-0.1, -0.05) is 41.1 Å². The molecular formula is C26H32BrN3O2. The number of hydrogen-bond acceptors (Lipinski definition) is 4. The Morgan fingerprint density at radius 3 is 2.75 bits per heavy atom. The molecule has 0 spiro atoms. The molecule has 1 aromatic heterocycles. The predicted octanol–water partition coefficient (Wildman–Crippen LogP) is 6.53. The maximum atomic E-state index is 12.4. The van der Waals surface area contributed by atoms with E-state index in [4.69, 9.17) is 9.72 Å². The number of aromatic nitrogens is 1. The quantitative estimate of drug-likeness (QED) is 0.521. The van der Waals surface area contributed by atoms with Crippen LogP contribution in [0, 0.1) is 0 Å². The Labute approximate surface area is 199 Å². The van der Waals surface area contributed by atoms with Crippen LogP contribution in [0.2, 0.25) is 0 Å². The topological polar surface area (TPSA) is 54.5 Å². The van der Waals surface area contributed by atoms with Gasteiger partial charge in [0.2, 0.25) is 0 Å². The molecule has 2 heterocycles. The molecule has 1 aliphatic carbocycles. The van der Waals surface area contributed by atoms with Gasteiger partial charge in [0, 0.05) is 17.6 Å². The number of amides is 1. The summed E-state index contributed by atoms with van der Waals surface area (Å²) in [5.74, 6) is 0.922. The minimum Gasteiger partial charge on any atom is -0.444 e. The van der Waals surface area contributed by atoms with Crippen molar-refractivity contribution in [2.24, 2.45) is 0 Å². The lowest BCUT2D eigenvalue weighted by molar-refractivity contribution is 0.0270. The Morgan fingerprint density at radius 2 is 2.06 bits per heavy atom. The molecule has 2 aliphatic rings. The van der Waals surface area contributed by atoms with Crippen LogP contribution in [0.25, 0.3) is 5.57 Å². The first kappa shape index (κ1) is 22.8. The fourth-order valence-corrected chi connectivity index (χ4v) is 5.19. The van der Waals surface area contributed by atoms with Crippen LogP contribution in [-0.4, -0.2) is 34.7 Å². The fourth-order valence-electron chi connectivity index (χ4n) is 4.51. The smallest absolute Gasteiger partial charge is 0.410 e. The van der Waals surface area contributed by atoms with Crippen LogP contribution in [0.3, 0.4) is 0 Å². The summed E-state index contributed by atoms with van der Waals surface area (Å²) in [6.45, 7) is 9.07. The average Bonchev–Trinajstić information content (AvgIpc) is 3.16. The highest BCUT2D eigenvalue weighted by molar-refractivity contribution is 9.10. The number of benzene rings is 1. The second-order valence-electron chi connectivity index (χ2n) is 9.50. The van der Waals surface area contributed by atoms with Crippen molar-refractivity contribution in [1.82, 2.24) is 9.88 Å². The van der Waals surface area contributed by atoms with Gasteiger partial charge >= 0.3 is 6.09 Å². The minimum absolute atomic E-state index is 0.246. The maximum absolute atomic E-state index is 12.4. The van der Waals surface area contributed by atoms with Crippen LogP contribution in [-0.2, 0) is 17.6 Å². The SMILES string of the molecule is CCc1nc(NC2CCc3cccc(Br)c32)ccc1C1=CCN(C(=O)OC(C)(C)C)CC1. The first-order chi connectivity index (χ1) is 15.2. The highest BCUT2D eigenvalue weighted by Crippen LogP contribution is 2.38. The Bertz CT molecular complexity index is 1040. The van der Waals surface area contributed by atoms with Crippen LogP contribution in [0.4, 0.5) is 10.6 Å². The van der Waals surface area contributed by atoms with Crippen LogP contribution in [0.15, 0.2) is 40.9 Å². The number of fused-ring (bicyclic) bond motifs is 1. The molecule has 4 rings (SSSR count). The van der Waals surface area contributed by atoms with E-state index in [1.54, 1.807) is 4.90 Å². The van der Waals surface area contributed by atoms with Crippen molar-refractivity contribution >= 4 is 33.4 Å². The first-order valence-corrected chi connectivity index (χ1v) is 12.3. The fraction of sp³-hybridized carbons (Fsp3) is 0.462. The number of pyridine rings is 1. The largest absolute Gasteiger partial charge is 0.444 e. The molecule has 170 valence electrons. The number of carbonyl (C=O) groups is 1. The molecule has 1 unspecified atom stereocenters. The number of halogens is 1. The van der Waals surface area contributed by atoms with E-state index in [1.807, 2.05) is 20.8 Å². The third kappa shape index (κ3) is 5.01. The summed E-state index contributed by atoms with van der Waals surface area (Å²) >= 11 is 3.72. The van der Waals surface area contributed by atoms with Crippen LogP contribution >= 0.6 is 15.9 Å². The Morgan fingerprint density at radius 1 is 1.25 bits per heavy atom. The Hall–Kier alpha value is -2.34. The number of aryl methyl sites for hydroxylation is 2. The molecule has 6 heteroatoms. The molecule has 1 N–H and O–H groups in total. The van der Waals surface area contributed by atoms with E-state index >= 15 is 0 Å². The highest BCUT2D eigenvalue weighted by Gasteiger charge is 2.26. The Kier molecular flexibility index (Phi) is 6.61. The number of rotatable bonds is 4. The van der Waals surface area contributed by atoms with Crippen LogP contribution in [0.1, 0.15) is 69.0 Å². The molecule has 0 fully saturated rings. The molecule has 1 aliphatic heterocycles. The van der Waals surface area contributed by atoms with E-state index in [2.05, 4.69) is 64.6 Å². The summed E-state index contributed by atoms with van der Waals surface area (Å²) in [6.07, 6.45) is 5.73. The minimum atomic E-state index is -0.474. The molecule has 1 aromatic carbocycles. The summed E-state index contributed by atoms with van der Waals surface area (Å²) in [5.41, 5.74) is 5.83. The van der Waals surface area contributed by atoms with Gasteiger partial charge in [0.15, 0.2) is 0 Å². The maximum Gasteiger partial charge on any atom is 0.410 e. The van der Waals surface area contributed by atoms with Crippen LogP contribution < -0.4 is 5.32 Å².